The second-order valence-corrected chi connectivity index (χ2v) is 3.96. The van der Waals surface area contributed by atoms with Gasteiger partial charge in [-0.2, -0.15) is 0 Å². The van der Waals surface area contributed by atoms with E-state index in [1.165, 1.54) is 12.1 Å². The minimum atomic E-state index is -0.455. The van der Waals surface area contributed by atoms with Crippen LogP contribution in [0.4, 0.5) is 4.39 Å². The maximum absolute atomic E-state index is 13.2. The summed E-state index contributed by atoms with van der Waals surface area (Å²) >= 11 is 11.8. The molecule has 15 heavy (non-hydrogen) atoms. The Kier molecular flexibility index (Phi) is 4.58. The van der Waals surface area contributed by atoms with Gasteiger partial charge in [-0.15, -0.1) is 6.58 Å². The zero-order valence-corrected chi connectivity index (χ0v) is 9.87. The van der Waals surface area contributed by atoms with Crippen LogP contribution in [0.25, 0.3) is 0 Å². The number of hydrogen-bond donors (Lipinski definition) is 1. The summed E-state index contributed by atoms with van der Waals surface area (Å²) < 4.78 is 13.2. The first-order valence-electron chi connectivity index (χ1n) is 4.55. The highest BCUT2D eigenvalue weighted by Crippen LogP contribution is 2.32. The van der Waals surface area contributed by atoms with Crippen LogP contribution >= 0.6 is 23.2 Å². The van der Waals surface area contributed by atoms with Crippen molar-refractivity contribution < 1.29 is 4.39 Å². The summed E-state index contributed by atoms with van der Waals surface area (Å²) in [5.41, 5.74) is 0.584. The highest BCUT2D eigenvalue weighted by Gasteiger charge is 2.15. The SMILES string of the molecule is C=CCNC(C)c1c(Cl)ccc(F)c1Cl. The van der Waals surface area contributed by atoms with Gasteiger partial charge in [-0.1, -0.05) is 29.3 Å². The maximum Gasteiger partial charge on any atom is 0.142 e. The maximum atomic E-state index is 13.2. The van der Waals surface area contributed by atoms with E-state index in [0.717, 1.165) is 0 Å². The number of halogens is 3. The van der Waals surface area contributed by atoms with Gasteiger partial charge in [0.15, 0.2) is 0 Å². The highest BCUT2D eigenvalue weighted by molar-refractivity contribution is 6.36. The second kappa shape index (κ2) is 5.50. The van der Waals surface area contributed by atoms with Crippen molar-refractivity contribution in [2.45, 2.75) is 13.0 Å². The molecule has 1 atom stereocenters. The number of hydrogen-bond acceptors (Lipinski definition) is 1. The summed E-state index contributed by atoms with van der Waals surface area (Å²) in [4.78, 5) is 0. The third kappa shape index (κ3) is 2.94. The molecule has 0 aromatic heterocycles. The van der Waals surface area contributed by atoms with Crippen LogP contribution in [0.5, 0.6) is 0 Å². The molecular weight excluding hydrogens is 236 g/mol. The Balaban J connectivity index is 3.01. The van der Waals surface area contributed by atoms with Gasteiger partial charge in [-0.3, -0.25) is 0 Å². The predicted octanol–water partition coefficient (Wildman–Crippen LogP) is 3.97. The molecule has 82 valence electrons. The summed E-state index contributed by atoms with van der Waals surface area (Å²) in [6.07, 6.45) is 1.72. The Morgan fingerprint density at radius 1 is 1.53 bits per heavy atom. The van der Waals surface area contributed by atoms with E-state index in [2.05, 4.69) is 11.9 Å². The fourth-order valence-corrected chi connectivity index (χ4v) is 2.00. The van der Waals surface area contributed by atoms with Gasteiger partial charge in [0.25, 0.3) is 0 Å². The van der Waals surface area contributed by atoms with Gasteiger partial charge in [0.1, 0.15) is 5.82 Å². The lowest BCUT2D eigenvalue weighted by Gasteiger charge is -2.16. The fraction of sp³-hybridized carbons (Fsp3) is 0.273. The van der Waals surface area contributed by atoms with Gasteiger partial charge < -0.3 is 5.32 Å². The van der Waals surface area contributed by atoms with E-state index in [4.69, 9.17) is 23.2 Å². The molecule has 1 nitrogen and oxygen atoms in total. The van der Waals surface area contributed by atoms with Crippen LogP contribution < -0.4 is 5.32 Å². The Morgan fingerprint density at radius 2 is 2.20 bits per heavy atom. The normalized spacial score (nSPS) is 12.5. The molecule has 0 bridgehead atoms. The Hall–Kier alpha value is -0.570. The lowest BCUT2D eigenvalue weighted by molar-refractivity contribution is 0.595. The van der Waals surface area contributed by atoms with Crippen molar-refractivity contribution in [3.63, 3.8) is 0 Å². The molecule has 1 N–H and O–H groups in total. The minimum Gasteiger partial charge on any atom is -0.307 e. The summed E-state index contributed by atoms with van der Waals surface area (Å²) in [6, 6.07) is 2.65. The molecule has 0 heterocycles. The van der Waals surface area contributed by atoms with E-state index in [-0.39, 0.29) is 11.1 Å². The quantitative estimate of drug-likeness (QED) is 0.628. The number of benzene rings is 1. The van der Waals surface area contributed by atoms with Crippen molar-refractivity contribution in [3.05, 3.63) is 46.2 Å². The first-order valence-corrected chi connectivity index (χ1v) is 5.31. The monoisotopic (exact) mass is 247 g/mol. The molecule has 4 heteroatoms. The minimum absolute atomic E-state index is 0.0755. The molecule has 1 aromatic carbocycles. The molecule has 0 saturated carbocycles. The Labute approximate surface area is 98.9 Å². The average Bonchev–Trinajstić information content (AvgIpc) is 2.21. The van der Waals surface area contributed by atoms with Crippen LogP contribution in [0.15, 0.2) is 24.8 Å². The summed E-state index contributed by atoms with van der Waals surface area (Å²) in [6.45, 7) is 6.07. The molecule has 0 amide bonds. The fourth-order valence-electron chi connectivity index (χ4n) is 1.30. The van der Waals surface area contributed by atoms with Crippen LogP contribution in [0, 0.1) is 5.82 Å². The topological polar surface area (TPSA) is 12.0 Å². The van der Waals surface area contributed by atoms with Gasteiger partial charge in [0, 0.05) is 23.2 Å². The standard InChI is InChI=1S/C11H12Cl2FN/c1-3-6-15-7(2)10-8(12)4-5-9(14)11(10)13/h3-5,7,15H,1,6H2,2H3. The van der Waals surface area contributed by atoms with Crippen LogP contribution in [0.3, 0.4) is 0 Å². The van der Waals surface area contributed by atoms with Crippen molar-refractivity contribution in [1.29, 1.82) is 0 Å². The molecule has 0 radical (unpaired) electrons. The molecular formula is C11H12Cl2FN. The molecule has 1 rings (SSSR count). The van der Waals surface area contributed by atoms with Gasteiger partial charge in [-0.25, -0.2) is 4.39 Å². The smallest absolute Gasteiger partial charge is 0.142 e. The zero-order chi connectivity index (χ0) is 11.4. The molecule has 0 spiro atoms. The van der Waals surface area contributed by atoms with Gasteiger partial charge in [0.05, 0.1) is 5.02 Å². The lowest BCUT2D eigenvalue weighted by atomic mass is 10.1. The van der Waals surface area contributed by atoms with E-state index in [1.807, 2.05) is 6.92 Å². The summed E-state index contributed by atoms with van der Waals surface area (Å²) in [7, 11) is 0. The third-order valence-electron chi connectivity index (χ3n) is 2.08. The van der Waals surface area contributed by atoms with Crippen molar-refractivity contribution in [2.75, 3.05) is 6.54 Å². The Bertz CT molecular complexity index is 366. The zero-order valence-electron chi connectivity index (χ0n) is 8.36. The number of rotatable bonds is 4. The molecule has 0 aliphatic heterocycles. The van der Waals surface area contributed by atoms with Crippen molar-refractivity contribution in [2.24, 2.45) is 0 Å². The molecule has 1 aromatic rings. The van der Waals surface area contributed by atoms with E-state index in [9.17, 15) is 4.39 Å². The highest BCUT2D eigenvalue weighted by atomic mass is 35.5. The summed E-state index contributed by atoms with van der Waals surface area (Å²) in [5.74, 6) is -0.455. The van der Waals surface area contributed by atoms with Gasteiger partial charge in [-0.05, 0) is 19.1 Å². The molecule has 1 unspecified atom stereocenters. The predicted molar refractivity (Wildman–Crippen MR) is 63.0 cm³/mol. The van der Waals surface area contributed by atoms with Crippen molar-refractivity contribution in [1.82, 2.24) is 5.32 Å². The third-order valence-corrected chi connectivity index (χ3v) is 2.79. The molecule has 0 saturated heterocycles. The van der Waals surface area contributed by atoms with E-state index in [1.54, 1.807) is 6.08 Å². The number of nitrogens with one attached hydrogen (secondary N) is 1. The lowest BCUT2D eigenvalue weighted by Crippen LogP contribution is -2.19. The van der Waals surface area contributed by atoms with Gasteiger partial charge >= 0.3 is 0 Å². The first kappa shape index (κ1) is 12.5. The van der Waals surface area contributed by atoms with E-state index in [0.29, 0.717) is 17.1 Å². The van der Waals surface area contributed by atoms with E-state index < -0.39 is 5.82 Å². The molecule has 0 fully saturated rings. The summed E-state index contributed by atoms with van der Waals surface area (Å²) in [5, 5.41) is 3.64. The molecule has 0 aliphatic rings. The second-order valence-electron chi connectivity index (χ2n) is 3.18. The van der Waals surface area contributed by atoms with Crippen molar-refractivity contribution >= 4 is 23.2 Å². The van der Waals surface area contributed by atoms with Gasteiger partial charge in [0.2, 0.25) is 0 Å². The van der Waals surface area contributed by atoms with Crippen LogP contribution in [0.1, 0.15) is 18.5 Å². The molecule has 0 aliphatic carbocycles. The van der Waals surface area contributed by atoms with Crippen LogP contribution in [-0.2, 0) is 0 Å². The largest absolute Gasteiger partial charge is 0.307 e. The Morgan fingerprint density at radius 3 is 2.80 bits per heavy atom. The van der Waals surface area contributed by atoms with Crippen LogP contribution in [0.2, 0.25) is 10.0 Å². The van der Waals surface area contributed by atoms with E-state index >= 15 is 0 Å². The van der Waals surface area contributed by atoms with Crippen molar-refractivity contribution in [3.8, 4) is 0 Å². The average molecular weight is 248 g/mol. The van der Waals surface area contributed by atoms with Crippen LogP contribution in [-0.4, -0.2) is 6.54 Å². The first-order chi connectivity index (χ1) is 7.07.